The van der Waals surface area contributed by atoms with Crippen LogP contribution in [0, 0.1) is 6.92 Å². The molecular weight excluding hydrogens is 408 g/mol. The largest absolute Gasteiger partial charge is 0.350 e. The summed E-state index contributed by atoms with van der Waals surface area (Å²) < 4.78 is 2.83. The zero-order valence-electron chi connectivity index (χ0n) is 15.8. The maximum Gasteiger partial charge on any atom is 0.263 e. The third-order valence-corrected chi connectivity index (χ3v) is 6.56. The Kier molecular flexibility index (Phi) is 5.16. The number of rotatable bonds is 5. The number of nitrogens with one attached hydrogen (secondary N) is 1. The van der Waals surface area contributed by atoms with Gasteiger partial charge in [0.2, 0.25) is 5.91 Å². The smallest absolute Gasteiger partial charge is 0.263 e. The normalized spacial score (nSPS) is 11.1. The monoisotopic (exact) mass is 426 g/mol. The zero-order valence-corrected chi connectivity index (χ0v) is 17.5. The number of aryl methyl sites for hydroxylation is 1. The minimum absolute atomic E-state index is 0.106. The minimum Gasteiger partial charge on any atom is -0.350 e. The number of carbonyl (C=O) groups is 1. The van der Waals surface area contributed by atoms with Crippen LogP contribution < -0.4 is 16.4 Å². The van der Waals surface area contributed by atoms with Gasteiger partial charge in [0.05, 0.1) is 11.7 Å². The molecule has 0 fully saturated rings. The standard InChI is InChI=1S/C20H18N4O3S2/c1-12-5-6-13(19(26)23(12)2)8-21-16(25)9-24-11-22-18-17(20(24)27)14(10-29-18)15-4-3-7-28-15/h3-7,10-11H,8-9H2,1-2H3,(H,21,25). The van der Waals surface area contributed by atoms with Gasteiger partial charge in [-0.15, -0.1) is 22.7 Å². The second-order valence-corrected chi connectivity index (χ2v) is 8.43. The molecule has 29 heavy (non-hydrogen) atoms. The summed E-state index contributed by atoms with van der Waals surface area (Å²) in [4.78, 5) is 43.5. The van der Waals surface area contributed by atoms with Gasteiger partial charge in [-0.25, -0.2) is 4.98 Å². The molecule has 4 rings (SSSR count). The molecule has 0 atom stereocenters. The van der Waals surface area contributed by atoms with Gasteiger partial charge < -0.3 is 9.88 Å². The first-order chi connectivity index (χ1) is 14.0. The Labute approximate surface area is 173 Å². The summed E-state index contributed by atoms with van der Waals surface area (Å²) >= 11 is 2.96. The predicted octanol–water partition coefficient (Wildman–Crippen LogP) is 2.51. The molecule has 0 aromatic carbocycles. The van der Waals surface area contributed by atoms with Crippen molar-refractivity contribution in [2.24, 2.45) is 7.05 Å². The third-order valence-electron chi connectivity index (χ3n) is 4.77. The molecule has 0 radical (unpaired) electrons. The van der Waals surface area contributed by atoms with E-state index in [2.05, 4.69) is 10.3 Å². The van der Waals surface area contributed by atoms with Crippen LogP contribution in [-0.4, -0.2) is 20.0 Å². The van der Waals surface area contributed by atoms with Crippen molar-refractivity contribution in [3.05, 3.63) is 73.3 Å². The van der Waals surface area contributed by atoms with E-state index in [1.165, 1.54) is 26.8 Å². The van der Waals surface area contributed by atoms with Crippen molar-refractivity contribution >= 4 is 38.8 Å². The fraction of sp³-hybridized carbons (Fsp3) is 0.200. The molecule has 0 spiro atoms. The molecule has 4 aromatic rings. The quantitative estimate of drug-likeness (QED) is 0.531. The van der Waals surface area contributed by atoms with Crippen LogP contribution in [0.25, 0.3) is 20.7 Å². The summed E-state index contributed by atoms with van der Waals surface area (Å²) in [5.41, 5.74) is 1.78. The first-order valence-electron chi connectivity index (χ1n) is 8.88. The lowest BCUT2D eigenvalue weighted by Gasteiger charge is -2.09. The first kappa shape index (κ1) is 19.3. The molecule has 0 bridgehead atoms. The van der Waals surface area contributed by atoms with E-state index < -0.39 is 0 Å². The Morgan fingerprint density at radius 2 is 2.00 bits per heavy atom. The topological polar surface area (TPSA) is 86.0 Å². The van der Waals surface area contributed by atoms with Gasteiger partial charge in [-0.2, -0.15) is 0 Å². The highest BCUT2D eigenvalue weighted by molar-refractivity contribution is 7.18. The summed E-state index contributed by atoms with van der Waals surface area (Å²) in [6.07, 6.45) is 1.39. The van der Waals surface area contributed by atoms with Crippen molar-refractivity contribution in [3.8, 4) is 10.4 Å². The summed E-state index contributed by atoms with van der Waals surface area (Å²) in [7, 11) is 1.69. The second kappa shape index (κ2) is 7.76. The van der Waals surface area contributed by atoms with Gasteiger partial charge in [0.1, 0.15) is 11.4 Å². The van der Waals surface area contributed by atoms with E-state index in [-0.39, 0.29) is 30.1 Å². The SMILES string of the molecule is Cc1ccc(CNC(=O)Cn2cnc3scc(-c4cccs4)c3c2=O)c(=O)n1C. The molecule has 0 saturated carbocycles. The second-order valence-electron chi connectivity index (χ2n) is 6.63. The van der Waals surface area contributed by atoms with E-state index in [0.717, 1.165) is 16.1 Å². The fourth-order valence-electron chi connectivity index (χ4n) is 3.01. The lowest BCUT2D eigenvalue weighted by molar-refractivity contribution is -0.121. The average Bonchev–Trinajstić information content (AvgIpc) is 3.37. The Morgan fingerprint density at radius 1 is 1.17 bits per heavy atom. The molecule has 1 N–H and O–H groups in total. The molecule has 9 heteroatoms. The van der Waals surface area contributed by atoms with Crippen LogP contribution >= 0.6 is 22.7 Å². The Bertz CT molecular complexity index is 1320. The minimum atomic E-state index is -0.358. The van der Waals surface area contributed by atoms with Crippen LogP contribution in [0.4, 0.5) is 0 Å². The highest BCUT2D eigenvalue weighted by Gasteiger charge is 2.15. The van der Waals surface area contributed by atoms with Crippen LogP contribution in [0.15, 0.2) is 50.9 Å². The molecule has 0 aliphatic carbocycles. The maximum atomic E-state index is 13.0. The van der Waals surface area contributed by atoms with Gasteiger partial charge in [-0.3, -0.25) is 19.0 Å². The maximum absolute atomic E-state index is 13.0. The van der Waals surface area contributed by atoms with Crippen molar-refractivity contribution in [3.63, 3.8) is 0 Å². The Balaban J connectivity index is 1.55. The van der Waals surface area contributed by atoms with Gasteiger partial charge in [-0.1, -0.05) is 12.1 Å². The molecule has 7 nitrogen and oxygen atoms in total. The average molecular weight is 427 g/mol. The Hall–Kier alpha value is -3.04. The highest BCUT2D eigenvalue weighted by Crippen LogP contribution is 2.33. The summed E-state index contributed by atoms with van der Waals surface area (Å²) in [5.74, 6) is -0.358. The number of pyridine rings is 1. The number of nitrogens with zero attached hydrogens (tertiary/aromatic N) is 3. The van der Waals surface area contributed by atoms with Gasteiger partial charge in [0, 0.05) is 40.7 Å². The van der Waals surface area contributed by atoms with Crippen molar-refractivity contribution in [1.29, 1.82) is 0 Å². The van der Waals surface area contributed by atoms with E-state index in [0.29, 0.717) is 15.8 Å². The number of thiophene rings is 2. The number of fused-ring (bicyclic) bond motifs is 1. The zero-order chi connectivity index (χ0) is 20.5. The Morgan fingerprint density at radius 3 is 2.76 bits per heavy atom. The van der Waals surface area contributed by atoms with E-state index in [1.807, 2.05) is 35.9 Å². The molecule has 1 amide bonds. The van der Waals surface area contributed by atoms with E-state index in [1.54, 1.807) is 24.5 Å². The van der Waals surface area contributed by atoms with Gasteiger partial charge in [0.25, 0.3) is 11.1 Å². The van der Waals surface area contributed by atoms with Crippen LogP contribution in [0.3, 0.4) is 0 Å². The van der Waals surface area contributed by atoms with Gasteiger partial charge in [-0.05, 0) is 24.4 Å². The highest BCUT2D eigenvalue weighted by atomic mass is 32.1. The van der Waals surface area contributed by atoms with Crippen molar-refractivity contribution in [1.82, 2.24) is 19.4 Å². The lowest BCUT2D eigenvalue weighted by Crippen LogP contribution is -2.34. The van der Waals surface area contributed by atoms with Crippen LogP contribution in [0.1, 0.15) is 11.3 Å². The van der Waals surface area contributed by atoms with Crippen molar-refractivity contribution in [2.45, 2.75) is 20.0 Å². The van der Waals surface area contributed by atoms with Gasteiger partial charge >= 0.3 is 0 Å². The third kappa shape index (κ3) is 3.66. The summed E-state index contributed by atoms with van der Waals surface area (Å²) in [6.45, 7) is 1.79. The number of hydrogen-bond donors (Lipinski definition) is 1. The molecule has 0 unspecified atom stereocenters. The molecule has 148 valence electrons. The molecule has 4 aromatic heterocycles. The van der Waals surface area contributed by atoms with Crippen LogP contribution in [0.2, 0.25) is 0 Å². The van der Waals surface area contributed by atoms with E-state index >= 15 is 0 Å². The summed E-state index contributed by atoms with van der Waals surface area (Å²) in [5, 5.41) is 7.11. The lowest BCUT2D eigenvalue weighted by atomic mass is 10.2. The molecule has 0 aliphatic rings. The van der Waals surface area contributed by atoms with Gasteiger partial charge in [0.15, 0.2) is 0 Å². The first-order valence-corrected chi connectivity index (χ1v) is 10.6. The molecule has 4 heterocycles. The molecule has 0 aliphatic heterocycles. The number of amides is 1. The van der Waals surface area contributed by atoms with Crippen LogP contribution in [0.5, 0.6) is 0 Å². The number of hydrogen-bond acceptors (Lipinski definition) is 6. The predicted molar refractivity (Wildman–Crippen MR) is 115 cm³/mol. The van der Waals surface area contributed by atoms with Crippen molar-refractivity contribution < 1.29 is 4.79 Å². The molecular formula is C20H18N4O3S2. The number of carbonyl (C=O) groups excluding carboxylic acids is 1. The van der Waals surface area contributed by atoms with Crippen LogP contribution in [-0.2, 0) is 24.9 Å². The number of aromatic nitrogens is 3. The fourth-order valence-corrected chi connectivity index (χ4v) is 4.73. The van der Waals surface area contributed by atoms with E-state index in [4.69, 9.17) is 0 Å². The van der Waals surface area contributed by atoms with Crippen molar-refractivity contribution in [2.75, 3.05) is 0 Å². The molecule has 0 saturated heterocycles. The van der Waals surface area contributed by atoms with E-state index in [9.17, 15) is 14.4 Å². The summed E-state index contributed by atoms with van der Waals surface area (Å²) in [6, 6.07) is 7.42.